The number of benzene rings is 1. The zero-order valence-electron chi connectivity index (χ0n) is 8.93. The van der Waals surface area contributed by atoms with E-state index in [4.69, 9.17) is 6.42 Å². The second-order valence-electron chi connectivity index (χ2n) is 3.68. The lowest BCUT2D eigenvalue weighted by Gasteiger charge is -2.10. The van der Waals surface area contributed by atoms with E-state index in [1.165, 1.54) is 0 Å². The lowest BCUT2D eigenvalue weighted by molar-refractivity contribution is 0.166. The van der Waals surface area contributed by atoms with Gasteiger partial charge < -0.3 is 5.11 Å². The average Bonchev–Trinajstić information content (AvgIpc) is 2.35. The summed E-state index contributed by atoms with van der Waals surface area (Å²) in [5, 5.41) is 12.1. The molecule has 2 rings (SSSR count). The van der Waals surface area contributed by atoms with Gasteiger partial charge in [0, 0.05) is 18.0 Å². The minimum absolute atomic E-state index is 0.553. The molecule has 80 valence electrons. The second kappa shape index (κ2) is 4.78. The summed E-state index contributed by atoms with van der Waals surface area (Å²) in [6.07, 6.45) is 7.44. The number of terminal acetylenes is 1. The fourth-order valence-corrected chi connectivity index (χ4v) is 1.77. The lowest BCUT2D eigenvalue weighted by atomic mass is 10.0. The van der Waals surface area contributed by atoms with E-state index in [1.807, 2.05) is 30.3 Å². The van der Waals surface area contributed by atoms with Gasteiger partial charge in [-0.1, -0.05) is 24.3 Å². The molecule has 16 heavy (non-hydrogen) atoms. The largest absolute Gasteiger partial charge is 0.387 e. The molecule has 0 amide bonds. The molecule has 1 atom stereocenters. The maximum absolute atomic E-state index is 9.99. The van der Waals surface area contributed by atoms with Gasteiger partial charge >= 0.3 is 0 Å². The van der Waals surface area contributed by atoms with Gasteiger partial charge in [-0.15, -0.1) is 12.3 Å². The zero-order valence-corrected chi connectivity index (χ0v) is 8.93. The molecule has 2 nitrogen and oxygen atoms in total. The van der Waals surface area contributed by atoms with Crippen LogP contribution >= 0.6 is 0 Å². The predicted molar refractivity (Wildman–Crippen MR) is 64.8 cm³/mol. The molecule has 0 fully saturated rings. The standard InChI is InChI=1S/C14H13NO/c1-2-3-8-13(16)14-12-7-5-4-6-11(12)9-10-15-14/h1,4-7,9-10,13,16H,3,8H2. The number of hydrogen-bond acceptors (Lipinski definition) is 2. The molecule has 0 bridgehead atoms. The van der Waals surface area contributed by atoms with Crippen molar-refractivity contribution in [3.05, 3.63) is 42.2 Å². The minimum Gasteiger partial charge on any atom is -0.387 e. The third kappa shape index (κ3) is 2.05. The molecule has 1 N–H and O–H groups in total. The molecule has 0 saturated heterocycles. The van der Waals surface area contributed by atoms with Gasteiger partial charge in [0.15, 0.2) is 0 Å². The van der Waals surface area contributed by atoms with Crippen molar-refractivity contribution in [2.75, 3.05) is 0 Å². The van der Waals surface area contributed by atoms with Crippen LogP contribution in [-0.2, 0) is 0 Å². The number of fused-ring (bicyclic) bond motifs is 1. The Morgan fingerprint density at radius 1 is 1.31 bits per heavy atom. The summed E-state index contributed by atoms with van der Waals surface area (Å²) >= 11 is 0. The Morgan fingerprint density at radius 3 is 2.94 bits per heavy atom. The van der Waals surface area contributed by atoms with Crippen LogP contribution in [0.3, 0.4) is 0 Å². The van der Waals surface area contributed by atoms with Gasteiger partial charge in [0.25, 0.3) is 0 Å². The molecule has 2 aromatic rings. The summed E-state index contributed by atoms with van der Waals surface area (Å²) in [6, 6.07) is 9.83. The number of hydrogen-bond donors (Lipinski definition) is 1. The number of rotatable bonds is 3. The number of aliphatic hydroxyl groups is 1. The second-order valence-corrected chi connectivity index (χ2v) is 3.68. The van der Waals surface area contributed by atoms with E-state index < -0.39 is 6.10 Å². The van der Waals surface area contributed by atoms with Crippen LogP contribution in [0.1, 0.15) is 24.6 Å². The molecule has 2 heteroatoms. The Hall–Kier alpha value is -1.85. The number of pyridine rings is 1. The summed E-state index contributed by atoms with van der Waals surface area (Å²) < 4.78 is 0. The Bertz CT molecular complexity index is 522. The Balaban J connectivity index is 2.40. The van der Waals surface area contributed by atoms with Crippen LogP contribution in [-0.4, -0.2) is 10.1 Å². The fourth-order valence-electron chi connectivity index (χ4n) is 1.77. The maximum Gasteiger partial charge on any atom is 0.0975 e. The van der Waals surface area contributed by atoms with E-state index in [1.54, 1.807) is 6.20 Å². The Labute approximate surface area is 95.0 Å². The van der Waals surface area contributed by atoms with Gasteiger partial charge in [0.2, 0.25) is 0 Å². The first-order valence-corrected chi connectivity index (χ1v) is 5.28. The van der Waals surface area contributed by atoms with Gasteiger partial charge in [-0.3, -0.25) is 4.98 Å². The van der Waals surface area contributed by atoms with Crippen molar-refractivity contribution in [2.45, 2.75) is 18.9 Å². The highest BCUT2D eigenvalue weighted by atomic mass is 16.3. The third-order valence-corrected chi connectivity index (χ3v) is 2.58. The maximum atomic E-state index is 9.99. The average molecular weight is 211 g/mol. The molecule has 0 saturated carbocycles. The molecule has 0 aliphatic heterocycles. The van der Waals surface area contributed by atoms with Gasteiger partial charge in [0.1, 0.15) is 0 Å². The van der Waals surface area contributed by atoms with Crippen LogP contribution in [0.4, 0.5) is 0 Å². The van der Waals surface area contributed by atoms with E-state index in [2.05, 4.69) is 10.9 Å². The van der Waals surface area contributed by atoms with Crippen LogP contribution in [0.5, 0.6) is 0 Å². The van der Waals surface area contributed by atoms with Crippen molar-refractivity contribution in [3.8, 4) is 12.3 Å². The van der Waals surface area contributed by atoms with Crippen molar-refractivity contribution < 1.29 is 5.11 Å². The molecule has 1 aromatic carbocycles. The molecule has 0 aliphatic rings. The van der Waals surface area contributed by atoms with E-state index in [9.17, 15) is 5.11 Å². The highest BCUT2D eigenvalue weighted by Gasteiger charge is 2.11. The highest BCUT2D eigenvalue weighted by Crippen LogP contribution is 2.24. The van der Waals surface area contributed by atoms with Crippen molar-refractivity contribution in [1.82, 2.24) is 4.98 Å². The molecule has 1 heterocycles. The summed E-state index contributed by atoms with van der Waals surface area (Å²) in [4.78, 5) is 4.24. The topological polar surface area (TPSA) is 33.1 Å². The Kier molecular flexibility index (Phi) is 3.19. The molecule has 1 aromatic heterocycles. The van der Waals surface area contributed by atoms with E-state index in [-0.39, 0.29) is 0 Å². The third-order valence-electron chi connectivity index (χ3n) is 2.58. The first-order chi connectivity index (χ1) is 7.83. The van der Waals surface area contributed by atoms with E-state index in [0.717, 1.165) is 10.8 Å². The zero-order chi connectivity index (χ0) is 11.4. The number of aromatic nitrogens is 1. The molecule has 1 unspecified atom stereocenters. The van der Waals surface area contributed by atoms with Crippen LogP contribution in [0.2, 0.25) is 0 Å². The van der Waals surface area contributed by atoms with Crippen molar-refractivity contribution in [3.63, 3.8) is 0 Å². The SMILES string of the molecule is C#CCCC(O)c1nccc2ccccc12. The van der Waals surface area contributed by atoms with E-state index in [0.29, 0.717) is 18.5 Å². The predicted octanol–water partition coefficient (Wildman–Crippen LogP) is 2.68. The first kappa shape index (κ1) is 10.7. The van der Waals surface area contributed by atoms with Crippen LogP contribution in [0.15, 0.2) is 36.5 Å². The van der Waals surface area contributed by atoms with Crippen molar-refractivity contribution >= 4 is 10.8 Å². The van der Waals surface area contributed by atoms with Gasteiger partial charge in [-0.2, -0.15) is 0 Å². The molecular formula is C14H13NO. The smallest absolute Gasteiger partial charge is 0.0975 e. The summed E-state index contributed by atoms with van der Waals surface area (Å²) in [7, 11) is 0. The fraction of sp³-hybridized carbons (Fsp3) is 0.214. The van der Waals surface area contributed by atoms with Gasteiger partial charge in [-0.25, -0.2) is 0 Å². The Morgan fingerprint density at radius 2 is 2.12 bits per heavy atom. The van der Waals surface area contributed by atoms with Crippen LogP contribution in [0, 0.1) is 12.3 Å². The quantitative estimate of drug-likeness (QED) is 0.792. The summed E-state index contributed by atoms with van der Waals surface area (Å²) in [5.74, 6) is 2.53. The normalized spacial score (nSPS) is 12.2. The minimum atomic E-state index is -0.581. The van der Waals surface area contributed by atoms with Crippen LogP contribution < -0.4 is 0 Å². The molecule has 0 spiro atoms. The molecule has 0 aliphatic carbocycles. The first-order valence-electron chi connectivity index (χ1n) is 5.28. The highest BCUT2D eigenvalue weighted by molar-refractivity contribution is 5.84. The van der Waals surface area contributed by atoms with Crippen LogP contribution in [0.25, 0.3) is 10.8 Å². The molecule has 0 radical (unpaired) electrons. The molecular weight excluding hydrogens is 198 g/mol. The van der Waals surface area contributed by atoms with Crippen molar-refractivity contribution in [1.29, 1.82) is 0 Å². The van der Waals surface area contributed by atoms with E-state index >= 15 is 0 Å². The summed E-state index contributed by atoms with van der Waals surface area (Å²) in [6.45, 7) is 0. The lowest BCUT2D eigenvalue weighted by Crippen LogP contribution is -2.00. The van der Waals surface area contributed by atoms with Gasteiger partial charge in [0.05, 0.1) is 11.8 Å². The van der Waals surface area contributed by atoms with Crippen molar-refractivity contribution in [2.24, 2.45) is 0 Å². The number of nitrogens with zero attached hydrogens (tertiary/aromatic N) is 1. The number of aliphatic hydroxyl groups excluding tert-OH is 1. The monoisotopic (exact) mass is 211 g/mol. The summed E-state index contributed by atoms with van der Waals surface area (Å²) in [5.41, 5.74) is 0.716. The van der Waals surface area contributed by atoms with Gasteiger partial charge in [-0.05, 0) is 17.9 Å².